The number of amides is 1. The lowest BCUT2D eigenvalue weighted by Crippen LogP contribution is -2.40. The van der Waals surface area contributed by atoms with Crippen LogP contribution in [0.5, 0.6) is 0 Å². The number of carbonyl (C=O) groups is 2. The Kier molecular flexibility index (Phi) is 6.32. The summed E-state index contributed by atoms with van der Waals surface area (Å²) in [4.78, 5) is 28.5. The molecule has 0 aliphatic heterocycles. The lowest BCUT2D eigenvalue weighted by Gasteiger charge is -2.20. The van der Waals surface area contributed by atoms with E-state index in [1.807, 2.05) is 45.0 Å². The third-order valence-electron chi connectivity index (χ3n) is 3.53. The zero-order chi connectivity index (χ0) is 18.4. The van der Waals surface area contributed by atoms with E-state index in [4.69, 9.17) is 11.6 Å². The summed E-state index contributed by atoms with van der Waals surface area (Å²) in [6, 6.07) is 11.0. The third kappa shape index (κ3) is 6.67. The van der Waals surface area contributed by atoms with Gasteiger partial charge in [0, 0.05) is 29.6 Å². The average molecular weight is 359 g/mol. The van der Waals surface area contributed by atoms with E-state index in [9.17, 15) is 9.59 Å². The van der Waals surface area contributed by atoms with Crippen molar-refractivity contribution in [3.8, 4) is 0 Å². The molecule has 0 aliphatic carbocycles. The van der Waals surface area contributed by atoms with Crippen LogP contribution in [0.1, 0.15) is 48.8 Å². The molecule has 0 fully saturated rings. The zero-order valence-corrected chi connectivity index (χ0v) is 15.6. The number of aryl methyl sites for hydroxylation is 1. The molecule has 1 heterocycles. The number of aromatic nitrogens is 1. The molecule has 132 valence electrons. The molecule has 0 aliphatic rings. The fraction of sp³-hybridized carbons (Fsp3) is 0.350. The Balaban J connectivity index is 1.94. The largest absolute Gasteiger partial charge is 0.346 e. The van der Waals surface area contributed by atoms with Crippen LogP contribution < -0.4 is 5.32 Å². The highest BCUT2D eigenvalue weighted by atomic mass is 35.5. The Morgan fingerprint density at radius 1 is 1.12 bits per heavy atom. The minimum Gasteiger partial charge on any atom is -0.346 e. The van der Waals surface area contributed by atoms with Crippen molar-refractivity contribution in [1.29, 1.82) is 0 Å². The number of hydrogen-bond donors (Lipinski definition) is 1. The lowest BCUT2D eigenvalue weighted by atomic mass is 10.0. The Bertz CT molecular complexity index is 766. The van der Waals surface area contributed by atoms with Crippen LogP contribution >= 0.6 is 11.6 Å². The van der Waals surface area contributed by atoms with Crippen molar-refractivity contribution in [3.63, 3.8) is 0 Å². The molecule has 25 heavy (non-hydrogen) atoms. The second kappa shape index (κ2) is 8.26. The van der Waals surface area contributed by atoms with Crippen LogP contribution in [0.25, 0.3) is 0 Å². The van der Waals surface area contributed by atoms with Gasteiger partial charge in [-0.05, 0) is 62.6 Å². The molecule has 2 aromatic rings. The minimum absolute atomic E-state index is 0.119. The molecule has 1 aromatic carbocycles. The van der Waals surface area contributed by atoms with Crippen molar-refractivity contribution in [2.45, 2.75) is 45.6 Å². The summed E-state index contributed by atoms with van der Waals surface area (Å²) >= 11 is 5.95. The number of ketones is 1. The summed E-state index contributed by atoms with van der Waals surface area (Å²) in [6.45, 7) is 5.73. The molecule has 0 unspecified atom stereocenters. The van der Waals surface area contributed by atoms with Crippen LogP contribution in [-0.2, 0) is 17.6 Å². The third-order valence-corrected chi connectivity index (χ3v) is 3.76. The normalized spacial score (nSPS) is 11.2. The Labute approximate surface area is 153 Å². The van der Waals surface area contributed by atoms with Crippen molar-refractivity contribution in [2.75, 3.05) is 0 Å². The maximum Gasteiger partial charge on any atom is 0.270 e. The maximum atomic E-state index is 12.2. The van der Waals surface area contributed by atoms with Gasteiger partial charge in [-0.1, -0.05) is 23.7 Å². The van der Waals surface area contributed by atoms with E-state index in [-0.39, 0.29) is 17.2 Å². The van der Waals surface area contributed by atoms with Gasteiger partial charge in [0.1, 0.15) is 11.5 Å². The van der Waals surface area contributed by atoms with Crippen LogP contribution in [-0.4, -0.2) is 22.2 Å². The summed E-state index contributed by atoms with van der Waals surface area (Å²) in [5, 5.41) is 3.54. The zero-order valence-electron chi connectivity index (χ0n) is 14.8. The summed E-state index contributed by atoms with van der Waals surface area (Å²) < 4.78 is 0. The molecular formula is C20H23ClN2O2. The average Bonchev–Trinajstić information content (AvgIpc) is 2.52. The van der Waals surface area contributed by atoms with Crippen LogP contribution in [0.3, 0.4) is 0 Å². The summed E-state index contributed by atoms with van der Waals surface area (Å²) in [5.41, 5.74) is 1.84. The smallest absolute Gasteiger partial charge is 0.270 e. The molecule has 4 nitrogen and oxygen atoms in total. The van der Waals surface area contributed by atoms with Crippen LogP contribution in [0, 0.1) is 0 Å². The number of nitrogens with one attached hydrogen (secondary N) is 1. The molecule has 0 atom stereocenters. The Hall–Kier alpha value is -2.20. The van der Waals surface area contributed by atoms with Gasteiger partial charge < -0.3 is 5.32 Å². The first kappa shape index (κ1) is 19.1. The molecule has 0 bridgehead atoms. The van der Waals surface area contributed by atoms with Gasteiger partial charge in [-0.3, -0.25) is 14.6 Å². The molecule has 5 heteroatoms. The summed E-state index contributed by atoms with van der Waals surface area (Å²) in [7, 11) is 0. The van der Waals surface area contributed by atoms with Gasteiger partial charge in [0.2, 0.25) is 0 Å². The van der Waals surface area contributed by atoms with Crippen molar-refractivity contribution in [3.05, 3.63) is 64.4 Å². The quantitative estimate of drug-likeness (QED) is 0.848. The first-order chi connectivity index (χ1) is 11.7. The first-order valence-corrected chi connectivity index (χ1v) is 8.64. The van der Waals surface area contributed by atoms with Gasteiger partial charge >= 0.3 is 0 Å². The molecule has 1 aromatic heterocycles. The number of nitrogens with zero attached hydrogens (tertiary/aromatic N) is 1. The van der Waals surface area contributed by atoms with Gasteiger partial charge in [-0.25, -0.2) is 0 Å². The highest BCUT2D eigenvalue weighted by molar-refractivity contribution is 6.30. The van der Waals surface area contributed by atoms with E-state index in [2.05, 4.69) is 10.3 Å². The number of benzene rings is 1. The summed E-state index contributed by atoms with van der Waals surface area (Å²) in [6.07, 6.45) is 2.95. The van der Waals surface area contributed by atoms with Gasteiger partial charge in [-0.2, -0.15) is 0 Å². The van der Waals surface area contributed by atoms with Crippen molar-refractivity contribution in [2.24, 2.45) is 0 Å². The number of rotatable bonds is 6. The van der Waals surface area contributed by atoms with E-state index >= 15 is 0 Å². The number of carbonyl (C=O) groups excluding carboxylic acids is 2. The van der Waals surface area contributed by atoms with E-state index in [1.54, 1.807) is 18.3 Å². The van der Waals surface area contributed by atoms with E-state index in [1.165, 1.54) is 0 Å². The predicted molar refractivity (Wildman–Crippen MR) is 99.9 cm³/mol. The molecule has 1 amide bonds. The molecule has 0 spiro atoms. The standard InChI is InChI=1S/C20H23ClN2O2/c1-20(2,3)23-19(25)18-13-15(9-10-22-18)12-17(24)8-7-14-5-4-6-16(21)11-14/h4-6,9-11,13H,7-8,12H2,1-3H3,(H,23,25). The Morgan fingerprint density at radius 3 is 2.56 bits per heavy atom. The van der Waals surface area contributed by atoms with E-state index < -0.39 is 0 Å². The first-order valence-electron chi connectivity index (χ1n) is 8.26. The highest BCUT2D eigenvalue weighted by Crippen LogP contribution is 2.13. The van der Waals surface area contributed by atoms with Crippen LogP contribution in [0.2, 0.25) is 5.02 Å². The van der Waals surface area contributed by atoms with Gasteiger partial charge in [-0.15, -0.1) is 0 Å². The predicted octanol–water partition coefficient (Wildman–Crippen LogP) is 4.01. The summed E-state index contributed by atoms with van der Waals surface area (Å²) in [5.74, 6) is -0.117. The van der Waals surface area contributed by atoms with Crippen molar-refractivity contribution in [1.82, 2.24) is 10.3 Å². The molecule has 1 N–H and O–H groups in total. The monoisotopic (exact) mass is 358 g/mol. The van der Waals surface area contributed by atoms with Gasteiger partial charge in [0.15, 0.2) is 0 Å². The van der Waals surface area contributed by atoms with E-state index in [0.29, 0.717) is 30.0 Å². The maximum absolute atomic E-state index is 12.2. The van der Waals surface area contributed by atoms with Crippen LogP contribution in [0.4, 0.5) is 0 Å². The fourth-order valence-corrected chi connectivity index (χ4v) is 2.62. The molecule has 0 saturated heterocycles. The number of hydrogen-bond acceptors (Lipinski definition) is 3. The minimum atomic E-state index is -0.332. The molecule has 0 saturated carbocycles. The van der Waals surface area contributed by atoms with E-state index in [0.717, 1.165) is 11.1 Å². The fourth-order valence-electron chi connectivity index (χ4n) is 2.41. The van der Waals surface area contributed by atoms with Gasteiger partial charge in [0.25, 0.3) is 5.91 Å². The molecule has 2 rings (SSSR count). The lowest BCUT2D eigenvalue weighted by molar-refractivity contribution is -0.118. The van der Waals surface area contributed by atoms with Crippen molar-refractivity contribution < 1.29 is 9.59 Å². The van der Waals surface area contributed by atoms with Crippen LogP contribution in [0.15, 0.2) is 42.6 Å². The second-order valence-corrected chi connectivity index (χ2v) is 7.54. The number of pyridine rings is 1. The highest BCUT2D eigenvalue weighted by Gasteiger charge is 2.16. The SMILES string of the molecule is CC(C)(C)NC(=O)c1cc(CC(=O)CCc2cccc(Cl)c2)ccn1. The second-order valence-electron chi connectivity index (χ2n) is 7.10. The Morgan fingerprint density at radius 2 is 1.88 bits per heavy atom. The van der Waals surface area contributed by atoms with Crippen molar-refractivity contribution >= 4 is 23.3 Å². The number of Topliss-reactive ketones (excluding diaryl/α,β-unsaturated/α-hetero) is 1. The van der Waals surface area contributed by atoms with Gasteiger partial charge in [0.05, 0.1) is 0 Å². The topological polar surface area (TPSA) is 59.1 Å². The number of halogens is 1. The molecule has 0 radical (unpaired) electrons. The molecular weight excluding hydrogens is 336 g/mol.